The fourth-order valence-corrected chi connectivity index (χ4v) is 3.62. The number of amides is 1. The third-order valence-electron chi connectivity index (χ3n) is 4.85. The first-order valence-corrected chi connectivity index (χ1v) is 9.13. The standard InChI is InChI=1S/C19H33N5O/c1-15-13-23(14-16(2)24(15)12-8-11-21(3)4)19(25)17-9-7-10-20-18(17)22(5)6/h7,9-10,15-16H,8,11-14H2,1-6H3. The molecule has 140 valence electrons. The van der Waals surface area contributed by atoms with Gasteiger partial charge in [0.15, 0.2) is 0 Å². The second-order valence-electron chi connectivity index (χ2n) is 7.57. The Labute approximate surface area is 152 Å². The molecule has 0 radical (unpaired) electrons. The van der Waals surface area contributed by atoms with Crippen LogP contribution in [0.2, 0.25) is 0 Å². The first-order valence-electron chi connectivity index (χ1n) is 9.13. The number of hydrogen-bond donors (Lipinski definition) is 0. The van der Waals surface area contributed by atoms with E-state index in [2.05, 4.69) is 42.7 Å². The summed E-state index contributed by atoms with van der Waals surface area (Å²) in [5, 5.41) is 0. The Kier molecular flexibility index (Phi) is 6.79. The fraction of sp³-hybridized carbons (Fsp3) is 0.684. The van der Waals surface area contributed by atoms with Crippen molar-refractivity contribution in [2.24, 2.45) is 0 Å². The molecule has 2 unspecified atom stereocenters. The van der Waals surface area contributed by atoms with E-state index < -0.39 is 0 Å². The van der Waals surface area contributed by atoms with Gasteiger partial charge in [0.1, 0.15) is 5.82 Å². The second-order valence-corrected chi connectivity index (χ2v) is 7.57. The van der Waals surface area contributed by atoms with Crippen molar-refractivity contribution in [2.45, 2.75) is 32.4 Å². The number of hydrogen-bond acceptors (Lipinski definition) is 5. The van der Waals surface area contributed by atoms with Crippen molar-refractivity contribution in [1.29, 1.82) is 0 Å². The van der Waals surface area contributed by atoms with Crippen LogP contribution in [0.4, 0.5) is 5.82 Å². The highest BCUT2D eigenvalue weighted by Gasteiger charge is 2.32. The molecule has 1 aromatic heterocycles. The molecular weight excluding hydrogens is 314 g/mol. The normalized spacial score (nSPS) is 21.6. The lowest BCUT2D eigenvalue weighted by Gasteiger charge is -2.44. The zero-order chi connectivity index (χ0) is 18.6. The van der Waals surface area contributed by atoms with Crippen LogP contribution >= 0.6 is 0 Å². The number of anilines is 1. The van der Waals surface area contributed by atoms with Gasteiger partial charge in [-0.25, -0.2) is 4.98 Å². The summed E-state index contributed by atoms with van der Waals surface area (Å²) in [4.78, 5) is 26.1. The Morgan fingerprint density at radius 1 is 1.20 bits per heavy atom. The van der Waals surface area contributed by atoms with Gasteiger partial charge < -0.3 is 14.7 Å². The van der Waals surface area contributed by atoms with Crippen molar-refractivity contribution >= 4 is 11.7 Å². The van der Waals surface area contributed by atoms with Crippen molar-refractivity contribution < 1.29 is 4.79 Å². The van der Waals surface area contributed by atoms with Gasteiger partial charge in [0.25, 0.3) is 5.91 Å². The van der Waals surface area contributed by atoms with Crippen LogP contribution < -0.4 is 4.90 Å². The summed E-state index contributed by atoms with van der Waals surface area (Å²) in [5.74, 6) is 0.824. The number of rotatable bonds is 6. The van der Waals surface area contributed by atoms with Gasteiger partial charge in [0.05, 0.1) is 5.56 Å². The predicted octanol–water partition coefficient (Wildman–Crippen LogP) is 1.63. The van der Waals surface area contributed by atoms with Crippen molar-refractivity contribution in [3.63, 3.8) is 0 Å². The Balaban J connectivity index is 2.05. The Hall–Kier alpha value is -1.66. The zero-order valence-corrected chi connectivity index (χ0v) is 16.6. The lowest BCUT2D eigenvalue weighted by atomic mass is 10.1. The number of carbonyl (C=O) groups is 1. The van der Waals surface area contributed by atoms with E-state index in [1.165, 1.54) is 0 Å². The lowest BCUT2D eigenvalue weighted by Crippen LogP contribution is -2.58. The first kappa shape index (κ1) is 19.7. The number of carbonyl (C=O) groups excluding carboxylic acids is 1. The molecule has 2 rings (SSSR count). The van der Waals surface area contributed by atoms with Gasteiger partial charge >= 0.3 is 0 Å². The Morgan fingerprint density at radius 2 is 1.84 bits per heavy atom. The van der Waals surface area contributed by atoms with E-state index in [9.17, 15) is 4.79 Å². The van der Waals surface area contributed by atoms with E-state index in [-0.39, 0.29) is 5.91 Å². The van der Waals surface area contributed by atoms with E-state index in [4.69, 9.17) is 0 Å². The molecule has 25 heavy (non-hydrogen) atoms. The lowest BCUT2D eigenvalue weighted by molar-refractivity contribution is 0.0295. The highest BCUT2D eigenvalue weighted by molar-refractivity contribution is 5.99. The number of pyridine rings is 1. The Bertz CT molecular complexity index is 563. The molecule has 1 aliphatic heterocycles. The van der Waals surface area contributed by atoms with Gasteiger partial charge in [-0.05, 0) is 53.0 Å². The molecular formula is C19H33N5O. The van der Waals surface area contributed by atoms with Gasteiger partial charge in [-0.2, -0.15) is 0 Å². The van der Waals surface area contributed by atoms with Crippen LogP contribution in [-0.2, 0) is 0 Å². The number of piperazine rings is 1. The molecule has 0 spiro atoms. The van der Waals surface area contributed by atoms with Crippen LogP contribution in [-0.4, -0.2) is 92.0 Å². The largest absolute Gasteiger partial charge is 0.362 e. The first-order chi connectivity index (χ1) is 11.8. The maximum atomic E-state index is 13.1. The molecule has 0 bridgehead atoms. The quantitative estimate of drug-likeness (QED) is 0.783. The van der Waals surface area contributed by atoms with Gasteiger partial charge in [0, 0.05) is 52.0 Å². The predicted molar refractivity (Wildman–Crippen MR) is 103 cm³/mol. The van der Waals surface area contributed by atoms with Crippen LogP contribution in [0.1, 0.15) is 30.6 Å². The van der Waals surface area contributed by atoms with Crippen molar-refractivity contribution in [1.82, 2.24) is 19.7 Å². The molecule has 1 fully saturated rings. The van der Waals surface area contributed by atoms with E-state index >= 15 is 0 Å². The van der Waals surface area contributed by atoms with Crippen LogP contribution in [0.15, 0.2) is 18.3 Å². The highest BCUT2D eigenvalue weighted by atomic mass is 16.2. The summed E-state index contributed by atoms with van der Waals surface area (Å²) >= 11 is 0. The molecule has 6 heteroatoms. The van der Waals surface area contributed by atoms with Crippen LogP contribution in [0.3, 0.4) is 0 Å². The maximum absolute atomic E-state index is 13.1. The van der Waals surface area contributed by atoms with Gasteiger partial charge in [-0.15, -0.1) is 0 Å². The smallest absolute Gasteiger partial charge is 0.257 e. The average molecular weight is 348 g/mol. The number of aromatic nitrogens is 1. The summed E-state index contributed by atoms with van der Waals surface area (Å²) in [6.07, 6.45) is 2.89. The molecule has 1 saturated heterocycles. The molecule has 0 N–H and O–H groups in total. The number of nitrogens with zero attached hydrogens (tertiary/aromatic N) is 5. The SMILES string of the molecule is CC1CN(C(=O)c2cccnc2N(C)C)CC(C)N1CCCN(C)C. The monoisotopic (exact) mass is 347 g/mol. The van der Waals surface area contributed by atoms with Crippen LogP contribution in [0.25, 0.3) is 0 Å². The van der Waals surface area contributed by atoms with E-state index in [1.54, 1.807) is 6.20 Å². The minimum Gasteiger partial charge on any atom is -0.362 e. The molecule has 6 nitrogen and oxygen atoms in total. The van der Waals surface area contributed by atoms with Crippen molar-refractivity contribution in [2.75, 3.05) is 59.3 Å². The minimum atomic E-state index is 0.0865. The molecule has 2 atom stereocenters. The van der Waals surface area contributed by atoms with E-state index in [0.717, 1.165) is 38.4 Å². The third kappa shape index (κ3) is 4.92. The molecule has 1 aromatic rings. The van der Waals surface area contributed by atoms with Crippen molar-refractivity contribution in [3.05, 3.63) is 23.9 Å². The summed E-state index contributed by atoms with van der Waals surface area (Å²) in [6.45, 7) is 8.17. The fourth-order valence-electron chi connectivity index (χ4n) is 3.62. The zero-order valence-electron chi connectivity index (χ0n) is 16.6. The molecule has 0 aromatic carbocycles. The average Bonchev–Trinajstić information content (AvgIpc) is 2.56. The van der Waals surface area contributed by atoms with Crippen LogP contribution in [0, 0.1) is 0 Å². The summed E-state index contributed by atoms with van der Waals surface area (Å²) < 4.78 is 0. The molecule has 1 aliphatic rings. The van der Waals surface area contributed by atoms with Gasteiger partial charge in [0.2, 0.25) is 0 Å². The van der Waals surface area contributed by atoms with Crippen molar-refractivity contribution in [3.8, 4) is 0 Å². The van der Waals surface area contributed by atoms with Gasteiger partial charge in [-0.3, -0.25) is 9.69 Å². The minimum absolute atomic E-state index is 0.0865. The van der Waals surface area contributed by atoms with E-state index in [1.807, 2.05) is 36.0 Å². The summed E-state index contributed by atoms with van der Waals surface area (Å²) in [7, 11) is 8.07. The van der Waals surface area contributed by atoms with Gasteiger partial charge in [-0.1, -0.05) is 0 Å². The molecule has 2 heterocycles. The van der Waals surface area contributed by atoms with E-state index in [0.29, 0.717) is 17.6 Å². The second kappa shape index (κ2) is 8.63. The maximum Gasteiger partial charge on any atom is 0.257 e. The molecule has 0 aliphatic carbocycles. The topological polar surface area (TPSA) is 42.9 Å². The third-order valence-corrected chi connectivity index (χ3v) is 4.85. The molecule has 1 amide bonds. The summed E-state index contributed by atoms with van der Waals surface area (Å²) in [5.41, 5.74) is 0.688. The highest BCUT2D eigenvalue weighted by Crippen LogP contribution is 2.22. The summed E-state index contributed by atoms with van der Waals surface area (Å²) in [6, 6.07) is 4.46. The Morgan fingerprint density at radius 3 is 2.40 bits per heavy atom. The molecule has 0 saturated carbocycles. The van der Waals surface area contributed by atoms with Crippen LogP contribution in [0.5, 0.6) is 0 Å².